The molecule has 0 saturated carbocycles. The normalized spacial score (nSPS) is 16.0. The van der Waals surface area contributed by atoms with Crippen molar-refractivity contribution in [3.63, 3.8) is 0 Å². The summed E-state index contributed by atoms with van der Waals surface area (Å²) in [5.74, 6) is 0.729. The lowest BCUT2D eigenvalue weighted by atomic mass is 9.97. The topological polar surface area (TPSA) is 38.3 Å². The van der Waals surface area contributed by atoms with Crippen LogP contribution in [0.25, 0.3) is 0 Å². The average Bonchev–Trinajstić information content (AvgIpc) is 2.54. The highest BCUT2D eigenvalue weighted by Crippen LogP contribution is 2.19. The zero-order valence-electron chi connectivity index (χ0n) is 12.8. The van der Waals surface area contributed by atoms with Crippen LogP contribution in [0.4, 0.5) is 0 Å². The van der Waals surface area contributed by atoms with Crippen LogP contribution in [-0.2, 0) is 4.79 Å². The molecule has 1 aromatic rings. The SMILES string of the molecule is CC[C@@H](Oc1ccccc1)C(=O)NCCC1=CCCCC1. The van der Waals surface area contributed by atoms with Gasteiger partial charge in [0.25, 0.3) is 5.91 Å². The molecule has 0 aromatic heterocycles. The fourth-order valence-corrected chi connectivity index (χ4v) is 2.58. The number of carbonyl (C=O) groups excluding carboxylic acids is 1. The Hall–Kier alpha value is -1.77. The Morgan fingerprint density at radius 2 is 2.10 bits per heavy atom. The van der Waals surface area contributed by atoms with Crippen LogP contribution in [-0.4, -0.2) is 18.6 Å². The van der Waals surface area contributed by atoms with E-state index >= 15 is 0 Å². The number of benzene rings is 1. The summed E-state index contributed by atoms with van der Waals surface area (Å²) in [7, 11) is 0. The van der Waals surface area contributed by atoms with Crippen LogP contribution in [0.1, 0.15) is 45.4 Å². The molecular weight excluding hydrogens is 262 g/mol. The van der Waals surface area contributed by atoms with Crippen LogP contribution < -0.4 is 10.1 Å². The summed E-state index contributed by atoms with van der Waals surface area (Å²) in [6, 6.07) is 9.52. The maximum absolute atomic E-state index is 12.2. The summed E-state index contributed by atoms with van der Waals surface area (Å²) < 4.78 is 5.74. The number of ether oxygens (including phenoxy) is 1. The molecule has 1 atom stereocenters. The van der Waals surface area contributed by atoms with E-state index in [-0.39, 0.29) is 5.91 Å². The number of allylic oxidation sites excluding steroid dienone is 1. The predicted molar refractivity (Wildman–Crippen MR) is 85.3 cm³/mol. The van der Waals surface area contributed by atoms with E-state index in [1.807, 2.05) is 37.3 Å². The van der Waals surface area contributed by atoms with E-state index < -0.39 is 6.10 Å². The molecule has 0 fully saturated rings. The second kappa shape index (κ2) is 8.50. The molecule has 114 valence electrons. The van der Waals surface area contributed by atoms with E-state index in [0.29, 0.717) is 13.0 Å². The largest absolute Gasteiger partial charge is 0.481 e. The Kier molecular flexibility index (Phi) is 6.32. The van der Waals surface area contributed by atoms with Crippen molar-refractivity contribution in [3.8, 4) is 5.75 Å². The van der Waals surface area contributed by atoms with Gasteiger partial charge in [-0.15, -0.1) is 0 Å². The van der Waals surface area contributed by atoms with Crippen molar-refractivity contribution in [1.82, 2.24) is 5.32 Å². The van der Waals surface area contributed by atoms with E-state index in [1.54, 1.807) is 0 Å². The molecular formula is C18H25NO2. The average molecular weight is 287 g/mol. The van der Waals surface area contributed by atoms with Gasteiger partial charge >= 0.3 is 0 Å². The van der Waals surface area contributed by atoms with Crippen molar-refractivity contribution in [2.24, 2.45) is 0 Å². The Balaban J connectivity index is 1.76. The molecule has 1 amide bonds. The standard InChI is InChI=1S/C18H25NO2/c1-2-17(21-16-11-7-4-8-12-16)18(20)19-14-13-15-9-5-3-6-10-15/h4,7-9,11-12,17H,2-3,5-6,10,13-14H2,1H3,(H,19,20)/t17-/m1/s1. The van der Waals surface area contributed by atoms with Crippen LogP contribution in [0.3, 0.4) is 0 Å². The van der Waals surface area contributed by atoms with Gasteiger partial charge in [0.15, 0.2) is 6.10 Å². The third-order valence-corrected chi connectivity index (χ3v) is 3.82. The molecule has 0 radical (unpaired) electrons. The number of hydrogen-bond donors (Lipinski definition) is 1. The molecule has 3 heteroatoms. The van der Waals surface area contributed by atoms with Crippen LogP contribution in [0.2, 0.25) is 0 Å². The number of hydrogen-bond acceptors (Lipinski definition) is 2. The lowest BCUT2D eigenvalue weighted by Gasteiger charge is -2.18. The molecule has 21 heavy (non-hydrogen) atoms. The Morgan fingerprint density at radius 1 is 1.29 bits per heavy atom. The lowest BCUT2D eigenvalue weighted by molar-refractivity contribution is -0.128. The van der Waals surface area contributed by atoms with Crippen molar-refractivity contribution in [2.75, 3.05) is 6.54 Å². The summed E-state index contributed by atoms with van der Waals surface area (Å²) in [5, 5.41) is 3.00. The first kappa shape index (κ1) is 15.6. The first-order valence-corrected chi connectivity index (χ1v) is 7.97. The third-order valence-electron chi connectivity index (χ3n) is 3.82. The minimum Gasteiger partial charge on any atom is -0.481 e. The zero-order valence-corrected chi connectivity index (χ0v) is 12.8. The second-order valence-corrected chi connectivity index (χ2v) is 5.48. The van der Waals surface area contributed by atoms with Gasteiger partial charge in [0.2, 0.25) is 0 Å². The highest BCUT2D eigenvalue weighted by atomic mass is 16.5. The maximum atomic E-state index is 12.2. The fraction of sp³-hybridized carbons (Fsp3) is 0.500. The minimum atomic E-state index is -0.410. The highest BCUT2D eigenvalue weighted by Gasteiger charge is 2.17. The highest BCUT2D eigenvalue weighted by molar-refractivity contribution is 5.81. The molecule has 0 spiro atoms. The number of nitrogens with one attached hydrogen (secondary N) is 1. The van der Waals surface area contributed by atoms with Gasteiger partial charge in [0.1, 0.15) is 5.75 Å². The number of para-hydroxylation sites is 1. The van der Waals surface area contributed by atoms with Crippen LogP contribution in [0.15, 0.2) is 42.0 Å². The summed E-state index contributed by atoms with van der Waals surface area (Å²) in [6.45, 7) is 2.68. The van der Waals surface area contributed by atoms with Gasteiger partial charge in [-0.1, -0.05) is 36.8 Å². The second-order valence-electron chi connectivity index (χ2n) is 5.48. The van der Waals surface area contributed by atoms with E-state index in [0.717, 1.165) is 12.2 Å². The van der Waals surface area contributed by atoms with E-state index in [4.69, 9.17) is 4.74 Å². The van der Waals surface area contributed by atoms with Gasteiger partial charge < -0.3 is 10.1 Å². The molecule has 0 bridgehead atoms. The van der Waals surface area contributed by atoms with Gasteiger partial charge in [-0.25, -0.2) is 0 Å². The van der Waals surface area contributed by atoms with Gasteiger partial charge in [-0.3, -0.25) is 4.79 Å². The van der Waals surface area contributed by atoms with Crippen molar-refractivity contribution in [1.29, 1.82) is 0 Å². The maximum Gasteiger partial charge on any atom is 0.261 e. The molecule has 0 aliphatic heterocycles. The van der Waals surface area contributed by atoms with Gasteiger partial charge in [0.05, 0.1) is 0 Å². The third kappa shape index (κ3) is 5.25. The molecule has 0 saturated heterocycles. The Bertz CT molecular complexity index is 467. The summed E-state index contributed by atoms with van der Waals surface area (Å²) >= 11 is 0. The summed E-state index contributed by atoms with van der Waals surface area (Å²) in [5.41, 5.74) is 1.48. The molecule has 1 aromatic carbocycles. The smallest absolute Gasteiger partial charge is 0.261 e. The quantitative estimate of drug-likeness (QED) is 0.774. The van der Waals surface area contributed by atoms with Gasteiger partial charge in [0, 0.05) is 6.54 Å². The number of amides is 1. The molecule has 1 N–H and O–H groups in total. The van der Waals surface area contributed by atoms with E-state index in [9.17, 15) is 4.79 Å². The van der Waals surface area contributed by atoms with Gasteiger partial charge in [-0.05, 0) is 50.7 Å². The summed E-state index contributed by atoms with van der Waals surface area (Å²) in [6.07, 6.45) is 8.52. The van der Waals surface area contributed by atoms with Crippen LogP contribution in [0, 0.1) is 0 Å². The first-order valence-electron chi connectivity index (χ1n) is 7.97. The monoisotopic (exact) mass is 287 g/mol. The minimum absolute atomic E-state index is 0.0160. The fourth-order valence-electron chi connectivity index (χ4n) is 2.58. The Morgan fingerprint density at radius 3 is 2.76 bits per heavy atom. The van der Waals surface area contributed by atoms with Crippen LogP contribution >= 0.6 is 0 Å². The zero-order chi connectivity index (χ0) is 14.9. The molecule has 0 unspecified atom stereocenters. The number of carbonyl (C=O) groups is 1. The van der Waals surface area contributed by atoms with Crippen molar-refractivity contribution >= 4 is 5.91 Å². The molecule has 2 rings (SSSR count). The number of rotatable bonds is 7. The summed E-state index contributed by atoms with van der Waals surface area (Å²) in [4.78, 5) is 12.2. The lowest BCUT2D eigenvalue weighted by Crippen LogP contribution is -2.38. The molecule has 1 aliphatic rings. The molecule has 3 nitrogen and oxygen atoms in total. The van der Waals surface area contributed by atoms with Gasteiger partial charge in [-0.2, -0.15) is 0 Å². The van der Waals surface area contributed by atoms with Crippen molar-refractivity contribution in [3.05, 3.63) is 42.0 Å². The predicted octanol–water partition coefficient (Wildman–Crippen LogP) is 3.85. The van der Waals surface area contributed by atoms with E-state index in [2.05, 4.69) is 11.4 Å². The van der Waals surface area contributed by atoms with E-state index in [1.165, 1.54) is 31.3 Å². The van der Waals surface area contributed by atoms with Crippen LogP contribution in [0.5, 0.6) is 5.75 Å². The molecule has 1 aliphatic carbocycles. The first-order chi connectivity index (χ1) is 10.3. The van der Waals surface area contributed by atoms with Crippen molar-refractivity contribution in [2.45, 2.75) is 51.6 Å². The van der Waals surface area contributed by atoms with Crippen molar-refractivity contribution < 1.29 is 9.53 Å². The Labute approximate surface area is 127 Å². The molecule has 0 heterocycles.